The zero-order valence-electron chi connectivity index (χ0n) is 11.4. The van der Waals surface area contributed by atoms with Gasteiger partial charge in [-0.25, -0.2) is 0 Å². The van der Waals surface area contributed by atoms with E-state index in [1.807, 2.05) is 0 Å². The van der Waals surface area contributed by atoms with Crippen molar-refractivity contribution in [2.75, 3.05) is 6.54 Å². The highest BCUT2D eigenvalue weighted by molar-refractivity contribution is 9.10. The Balaban J connectivity index is 1.82. The Labute approximate surface area is 118 Å². The lowest BCUT2D eigenvalue weighted by Gasteiger charge is -2.21. The summed E-state index contributed by atoms with van der Waals surface area (Å²) in [5.41, 5.74) is 1.38. The molecular formula is C15H22BrNO. The fourth-order valence-corrected chi connectivity index (χ4v) is 2.66. The molecule has 1 heterocycles. The first-order valence-electron chi connectivity index (χ1n) is 6.63. The molecular weight excluding hydrogens is 290 g/mol. The van der Waals surface area contributed by atoms with E-state index < -0.39 is 0 Å². The molecule has 0 radical (unpaired) electrons. The Morgan fingerprint density at radius 1 is 1.39 bits per heavy atom. The van der Waals surface area contributed by atoms with Crippen molar-refractivity contribution in [1.82, 2.24) is 5.32 Å². The second-order valence-electron chi connectivity index (χ2n) is 5.72. The molecule has 2 nitrogen and oxygen atoms in total. The third kappa shape index (κ3) is 3.81. The smallest absolute Gasteiger partial charge is 0.0708 e. The number of ether oxygens (including phenoxy) is 1. The maximum absolute atomic E-state index is 5.98. The van der Waals surface area contributed by atoms with E-state index in [4.69, 9.17) is 4.74 Å². The topological polar surface area (TPSA) is 21.3 Å². The summed E-state index contributed by atoms with van der Waals surface area (Å²) in [5, 5.41) is 3.56. The molecule has 18 heavy (non-hydrogen) atoms. The standard InChI is InChI=1S/C15H22BrNO/c1-11(12-4-6-13(16)7-5-12)17-10-14-8-9-15(2,3)18-14/h4-7,11,14,17H,8-10H2,1-3H3/t11-,14?/m0/s1. The van der Waals surface area contributed by atoms with E-state index in [-0.39, 0.29) is 5.60 Å². The Hall–Kier alpha value is -0.380. The van der Waals surface area contributed by atoms with E-state index in [0.29, 0.717) is 12.1 Å². The van der Waals surface area contributed by atoms with Gasteiger partial charge in [-0.2, -0.15) is 0 Å². The molecule has 2 atom stereocenters. The summed E-state index contributed by atoms with van der Waals surface area (Å²) < 4.78 is 7.11. The summed E-state index contributed by atoms with van der Waals surface area (Å²) in [6.07, 6.45) is 2.68. The lowest BCUT2D eigenvalue weighted by atomic mass is 10.1. The van der Waals surface area contributed by atoms with Crippen LogP contribution in [0.25, 0.3) is 0 Å². The Kier molecular flexibility index (Phi) is 4.46. The van der Waals surface area contributed by atoms with Crippen molar-refractivity contribution in [3.8, 4) is 0 Å². The normalized spacial score (nSPS) is 24.1. The van der Waals surface area contributed by atoms with Crippen LogP contribution >= 0.6 is 15.9 Å². The van der Waals surface area contributed by atoms with Crippen molar-refractivity contribution in [2.24, 2.45) is 0 Å². The van der Waals surface area contributed by atoms with Crippen LogP contribution in [0, 0.1) is 0 Å². The van der Waals surface area contributed by atoms with Gasteiger partial charge < -0.3 is 10.1 Å². The summed E-state index contributed by atoms with van der Waals surface area (Å²) in [7, 11) is 0. The van der Waals surface area contributed by atoms with Crippen LogP contribution < -0.4 is 5.32 Å². The van der Waals surface area contributed by atoms with Gasteiger partial charge in [-0.05, 0) is 51.3 Å². The highest BCUT2D eigenvalue weighted by atomic mass is 79.9. The number of rotatable bonds is 4. The van der Waals surface area contributed by atoms with Crippen LogP contribution in [0.4, 0.5) is 0 Å². The molecule has 100 valence electrons. The Bertz CT molecular complexity index is 388. The monoisotopic (exact) mass is 311 g/mol. The molecule has 1 aliphatic rings. The molecule has 1 aromatic carbocycles. The predicted molar refractivity (Wildman–Crippen MR) is 78.7 cm³/mol. The third-order valence-corrected chi connectivity index (χ3v) is 4.10. The van der Waals surface area contributed by atoms with Gasteiger partial charge in [0.2, 0.25) is 0 Å². The number of hydrogen-bond acceptors (Lipinski definition) is 2. The third-order valence-electron chi connectivity index (χ3n) is 3.58. The van der Waals surface area contributed by atoms with E-state index in [1.54, 1.807) is 0 Å². The van der Waals surface area contributed by atoms with Gasteiger partial charge in [0, 0.05) is 17.1 Å². The van der Waals surface area contributed by atoms with Gasteiger partial charge in [-0.1, -0.05) is 28.1 Å². The molecule has 1 saturated heterocycles. The van der Waals surface area contributed by atoms with Crippen LogP contribution in [0.5, 0.6) is 0 Å². The minimum Gasteiger partial charge on any atom is -0.371 e. The van der Waals surface area contributed by atoms with E-state index >= 15 is 0 Å². The lowest BCUT2D eigenvalue weighted by Crippen LogP contribution is -2.31. The summed E-state index contributed by atoms with van der Waals surface area (Å²) in [4.78, 5) is 0. The summed E-state index contributed by atoms with van der Waals surface area (Å²) >= 11 is 3.46. The maximum atomic E-state index is 5.98. The number of hydrogen-bond donors (Lipinski definition) is 1. The van der Waals surface area contributed by atoms with Crippen molar-refractivity contribution in [3.05, 3.63) is 34.3 Å². The highest BCUT2D eigenvalue weighted by Gasteiger charge is 2.31. The highest BCUT2D eigenvalue weighted by Crippen LogP contribution is 2.29. The second-order valence-corrected chi connectivity index (χ2v) is 6.64. The lowest BCUT2D eigenvalue weighted by molar-refractivity contribution is -0.0150. The van der Waals surface area contributed by atoms with Gasteiger partial charge in [0.15, 0.2) is 0 Å². The predicted octanol–water partition coefficient (Wildman–Crippen LogP) is 4.06. The largest absolute Gasteiger partial charge is 0.371 e. The zero-order valence-corrected chi connectivity index (χ0v) is 13.0. The van der Waals surface area contributed by atoms with Crippen LogP contribution in [-0.4, -0.2) is 18.2 Å². The fourth-order valence-electron chi connectivity index (χ4n) is 2.40. The molecule has 0 spiro atoms. The fraction of sp³-hybridized carbons (Fsp3) is 0.600. The molecule has 0 amide bonds. The van der Waals surface area contributed by atoms with Crippen molar-refractivity contribution in [1.29, 1.82) is 0 Å². The summed E-state index contributed by atoms with van der Waals surface area (Å²) in [6.45, 7) is 7.47. The van der Waals surface area contributed by atoms with Gasteiger partial charge in [0.05, 0.1) is 11.7 Å². The molecule has 3 heteroatoms. The molecule has 1 N–H and O–H groups in total. The average molecular weight is 312 g/mol. The number of halogens is 1. The SMILES string of the molecule is C[C@H](NCC1CCC(C)(C)O1)c1ccc(Br)cc1. The second kappa shape index (κ2) is 5.72. The van der Waals surface area contributed by atoms with E-state index in [1.165, 1.54) is 5.56 Å². The number of nitrogens with one attached hydrogen (secondary N) is 1. The van der Waals surface area contributed by atoms with Crippen LogP contribution in [0.3, 0.4) is 0 Å². The van der Waals surface area contributed by atoms with Crippen molar-refractivity contribution >= 4 is 15.9 Å². The van der Waals surface area contributed by atoms with Gasteiger partial charge in [0.1, 0.15) is 0 Å². The first kappa shape index (κ1) is 14.0. The molecule has 0 aromatic heterocycles. The minimum atomic E-state index is 0.0627. The van der Waals surface area contributed by atoms with Crippen molar-refractivity contribution < 1.29 is 4.74 Å². The van der Waals surface area contributed by atoms with Crippen LogP contribution in [0.1, 0.15) is 45.2 Å². The first-order chi connectivity index (χ1) is 8.46. The van der Waals surface area contributed by atoms with Crippen LogP contribution in [0.2, 0.25) is 0 Å². The van der Waals surface area contributed by atoms with Gasteiger partial charge in [-0.15, -0.1) is 0 Å². The molecule has 1 aliphatic heterocycles. The molecule has 2 rings (SSSR count). The summed E-state index contributed by atoms with van der Waals surface area (Å²) in [6, 6.07) is 8.85. The molecule has 0 bridgehead atoms. The van der Waals surface area contributed by atoms with E-state index in [9.17, 15) is 0 Å². The zero-order chi connectivity index (χ0) is 13.2. The van der Waals surface area contributed by atoms with E-state index in [0.717, 1.165) is 23.9 Å². The van der Waals surface area contributed by atoms with Crippen molar-refractivity contribution in [2.45, 2.75) is 51.4 Å². The van der Waals surface area contributed by atoms with Crippen LogP contribution in [0.15, 0.2) is 28.7 Å². The van der Waals surface area contributed by atoms with E-state index in [2.05, 4.69) is 66.3 Å². The average Bonchev–Trinajstić information content (AvgIpc) is 2.67. The summed E-state index contributed by atoms with van der Waals surface area (Å²) in [5.74, 6) is 0. The van der Waals surface area contributed by atoms with Gasteiger partial charge >= 0.3 is 0 Å². The minimum absolute atomic E-state index is 0.0627. The van der Waals surface area contributed by atoms with Crippen molar-refractivity contribution in [3.63, 3.8) is 0 Å². The van der Waals surface area contributed by atoms with Crippen LogP contribution in [-0.2, 0) is 4.74 Å². The molecule has 0 aliphatic carbocycles. The first-order valence-corrected chi connectivity index (χ1v) is 7.42. The van der Waals surface area contributed by atoms with Gasteiger partial charge in [0.25, 0.3) is 0 Å². The Morgan fingerprint density at radius 3 is 2.61 bits per heavy atom. The molecule has 1 aromatic rings. The number of benzene rings is 1. The quantitative estimate of drug-likeness (QED) is 0.905. The molecule has 1 fully saturated rings. The maximum Gasteiger partial charge on any atom is 0.0708 e. The Morgan fingerprint density at radius 2 is 2.06 bits per heavy atom. The molecule has 1 unspecified atom stereocenters. The molecule has 0 saturated carbocycles. The van der Waals surface area contributed by atoms with Gasteiger partial charge in [-0.3, -0.25) is 0 Å².